The van der Waals surface area contributed by atoms with E-state index in [1.165, 1.54) is 24.6 Å². The first-order valence-electron chi connectivity index (χ1n) is 11.8. The summed E-state index contributed by atoms with van der Waals surface area (Å²) < 4.78 is 34.6. The summed E-state index contributed by atoms with van der Waals surface area (Å²) in [5.74, 6) is 5.89. The molecule has 3 rings (SSSR count). The van der Waals surface area contributed by atoms with Gasteiger partial charge in [0.1, 0.15) is 18.1 Å². The predicted octanol–water partition coefficient (Wildman–Crippen LogP) is 7.77. The highest BCUT2D eigenvalue weighted by Gasteiger charge is 2.19. The van der Waals surface area contributed by atoms with Gasteiger partial charge in [-0.15, -0.1) is 0 Å². The van der Waals surface area contributed by atoms with Crippen molar-refractivity contribution in [3.63, 3.8) is 0 Å². The molecule has 0 saturated carbocycles. The molecule has 1 atom stereocenters. The van der Waals surface area contributed by atoms with Crippen molar-refractivity contribution in [1.82, 2.24) is 0 Å². The largest absolute Gasteiger partial charge is 0.386 e. The third-order valence-corrected chi connectivity index (χ3v) is 5.02. The van der Waals surface area contributed by atoms with Gasteiger partial charge in [-0.3, -0.25) is 9.40 Å². The molecule has 0 fully saturated rings. The third kappa shape index (κ3) is 12.3. The van der Waals surface area contributed by atoms with Crippen LogP contribution in [-0.2, 0) is 0 Å². The van der Waals surface area contributed by atoms with Gasteiger partial charge >= 0.3 is 0 Å². The van der Waals surface area contributed by atoms with Crippen LogP contribution in [0, 0.1) is 5.82 Å². The molecule has 4 nitrogen and oxygen atoms in total. The molecular weight excluding hydrogens is 487 g/mol. The second-order valence-electron chi connectivity index (χ2n) is 7.66. The summed E-state index contributed by atoms with van der Waals surface area (Å²) in [6.45, 7) is 6.92. The Hall–Kier alpha value is -2.74. The van der Waals surface area contributed by atoms with E-state index in [2.05, 4.69) is 24.4 Å². The van der Waals surface area contributed by atoms with E-state index < -0.39 is 12.3 Å². The highest BCUT2D eigenvalue weighted by molar-refractivity contribution is 6.30. The van der Waals surface area contributed by atoms with Crippen molar-refractivity contribution in [1.29, 1.82) is 0 Å². The smallest absolute Gasteiger partial charge is 0.123 e. The maximum Gasteiger partial charge on any atom is 0.123 e. The lowest BCUT2D eigenvalue weighted by molar-refractivity contribution is 0.0462. The van der Waals surface area contributed by atoms with Crippen molar-refractivity contribution in [2.24, 2.45) is 5.84 Å². The van der Waals surface area contributed by atoms with Gasteiger partial charge in [-0.05, 0) is 61.4 Å². The maximum atomic E-state index is 12.9. The summed E-state index contributed by atoms with van der Waals surface area (Å²) in [5, 5.41) is 14.5. The zero-order valence-electron chi connectivity index (χ0n) is 21.7. The van der Waals surface area contributed by atoms with Crippen molar-refractivity contribution < 1.29 is 18.3 Å². The van der Waals surface area contributed by atoms with E-state index in [0.717, 1.165) is 29.9 Å². The van der Waals surface area contributed by atoms with Crippen molar-refractivity contribution in [2.45, 2.75) is 46.1 Å². The van der Waals surface area contributed by atoms with Gasteiger partial charge in [0.15, 0.2) is 0 Å². The first-order chi connectivity index (χ1) is 17.3. The van der Waals surface area contributed by atoms with E-state index in [0.29, 0.717) is 12.2 Å². The fraction of sp³-hybridized carbons (Fsp3) is 0.357. The zero-order chi connectivity index (χ0) is 27.6. The molecule has 0 heterocycles. The lowest BCUT2D eigenvalue weighted by Gasteiger charge is -2.23. The number of alkyl halides is 2. The Bertz CT molecular complexity index is 961. The average Bonchev–Trinajstić information content (AvgIpc) is 3.16. The Morgan fingerprint density at radius 3 is 2.31 bits per heavy atom. The molecule has 0 aromatic heterocycles. The van der Waals surface area contributed by atoms with E-state index in [1.54, 1.807) is 41.4 Å². The standard InChI is InChI=1S/C15H17FN2.C10H13ClFNO.C2H6.CH3F/c1-2-12-6-4-3-5-7-15(12)18(17)14-10-8-13(16)9-11-14;1-10(14,6-12)7-13-9-4-2-3-8(11)5-9;2*1-2/h3-6,8-11H,2,7,17H2,1H3;2-5,13-14H,6-7H2,1H3;1-2H3;1H3. The number of hydrogen-bond donors (Lipinski definition) is 3. The van der Waals surface area contributed by atoms with Crippen LogP contribution in [0.4, 0.5) is 24.5 Å². The quantitative estimate of drug-likeness (QED) is 0.255. The molecule has 0 spiro atoms. The van der Waals surface area contributed by atoms with Crippen LogP contribution >= 0.6 is 11.6 Å². The molecule has 2 aromatic carbocycles. The number of halogens is 4. The zero-order valence-corrected chi connectivity index (χ0v) is 22.5. The third-order valence-electron chi connectivity index (χ3n) is 4.79. The minimum absolute atomic E-state index is 0.157. The van der Waals surface area contributed by atoms with Crippen molar-refractivity contribution >= 4 is 23.0 Å². The maximum absolute atomic E-state index is 12.9. The number of nitrogens with zero attached hydrogens (tertiary/aromatic N) is 1. The summed E-state index contributed by atoms with van der Waals surface area (Å²) in [4.78, 5) is 0. The number of rotatable bonds is 7. The highest BCUT2D eigenvalue weighted by atomic mass is 35.5. The van der Waals surface area contributed by atoms with Crippen LogP contribution in [0.2, 0.25) is 5.02 Å². The summed E-state index contributed by atoms with van der Waals surface area (Å²) >= 11 is 5.75. The molecule has 1 aliphatic carbocycles. The number of hydrogen-bond acceptors (Lipinski definition) is 4. The summed E-state index contributed by atoms with van der Waals surface area (Å²) in [7, 11) is 0.500. The Morgan fingerprint density at radius 1 is 1.11 bits per heavy atom. The Balaban J connectivity index is 0.000000613. The normalized spacial score (nSPS) is 13.5. The van der Waals surface area contributed by atoms with Gasteiger partial charge in [-0.25, -0.2) is 14.6 Å². The second kappa shape index (κ2) is 18.5. The number of allylic oxidation sites excluding steroid dienone is 5. The van der Waals surface area contributed by atoms with Gasteiger partial charge < -0.3 is 10.4 Å². The molecule has 1 aliphatic rings. The Labute approximate surface area is 218 Å². The van der Waals surface area contributed by atoms with Crippen LogP contribution in [-0.4, -0.2) is 31.1 Å². The fourth-order valence-corrected chi connectivity index (χ4v) is 3.12. The van der Waals surface area contributed by atoms with Gasteiger partial charge in [0.05, 0.1) is 12.9 Å². The minimum Gasteiger partial charge on any atom is -0.386 e. The van der Waals surface area contributed by atoms with Crippen LogP contribution in [0.3, 0.4) is 0 Å². The molecular formula is C28H39ClF3N3O. The fourth-order valence-electron chi connectivity index (χ4n) is 2.93. The molecule has 0 radical (unpaired) electrons. The number of nitrogens with two attached hydrogens (primary N) is 1. The van der Waals surface area contributed by atoms with E-state index in [4.69, 9.17) is 17.4 Å². The van der Waals surface area contributed by atoms with Gasteiger partial charge in [0, 0.05) is 29.4 Å². The van der Waals surface area contributed by atoms with Crippen LogP contribution < -0.4 is 16.2 Å². The lowest BCUT2D eigenvalue weighted by Crippen LogP contribution is -2.35. The molecule has 0 saturated heterocycles. The number of anilines is 2. The predicted molar refractivity (Wildman–Crippen MR) is 148 cm³/mol. The van der Waals surface area contributed by atoms with Crippen LogP contribution in [0.5, 0.6) is 0 Å². The molecule has 200 valence electrons. The molecule has 0 amide bonds. The average molecular weight is 526 g/mol. The topological polar surface area (TPSA) is 61.5 Å². The summed E-state index contributed by atoms with van der Waals surface area (Å²) in [5.41, 5.74) is 2.48. The summed E-state index contributed by atoms with van der Waals surface area (Å²) in [6, 6.07) is 13.3. The Morgan fingerprint density at radius 2 is 1.75 bits per heavy atom. The van der Waals surface area contributed by atoms with E-state index >= 15 is 0 Å². The van der Waals surface area contributed by atoms with Crippen LogP contribution in [0.25, 0.3) is 0 Å². The molecule has 2 aromatic rings. The van der Waals surface area contributed by atoms with Gasteiger partial charge in [-0.2, -0.15) is 0 Å². The first-order valence-corrected chi connectivity index (χ1v) is 12.1. The van der Waals surface area contributed by atoms with E-state index in [1.807, 2.05) is 26.0 Å². The number of nitrogens with one attached hydrogen (secondary N) is 1. The van der Waals surface area contributed by atoms with Gasteiger partial charge in [0.2, 0.25) is 0 Å². The molecule has 1 unspecified atom stereocenters. The molecule has 36 heavy (non-hydrogen) atoms. The monoisotopic (exact) mass is 525 g/mol. The van der Waals surface area contributed by atoms with Gasteiger partial charge in [-0.1, -0.05) is 62.7 Å². The SMILES string of the molecule is CC.CC(O)(CF)CNc1cccc(Cl)c1.CCC1=C(N(N)c2ccc(F)cc2)CC=CC=C1.CF. The minimum atomic E-state index is -1.33. The Kier molecular flexibility index (Phi) is 17.1. The lowest BCUT2D eigenvalue weighted by atomic mass is 10.1. The van der Waals surface area contributed by atoms with E-state index in [9.17, 15) is 18.3 Å². The van der Waals surface area contributed by atoms with Crippen molar-refractivity contribution in [2.75, 3.05) is 30.7 Å². The molecule has 4 N–H and O–H groups in total. The molecule has 0 aliphatic heterocycles. The summed E-state index contributed by atoms with van der Waals surface area (Å²) in [6.07, 6.45) is 9.87. The number of hydrazine groups is 1. The van der Waals surface area contributed by atoms with E-state index in [-0.39, 0.29) is 12.4 Å². The number of benzene rings is 2. The second-order valence-corrected chi connectivity index (χ2v) is 8.09. The molecule has 8 heteroatoms. The highest BCUT2D eigenvalue weighted by Crippen LogP contribution is 2.24. The van der Waals surface area contributed by atoms with Crippen LogP contribution in [0.1, 0.15) is 40.5 Å². The molecule has 0 bridgehead atoms. The van der Waals surface area contributed by atoms with Crippen molar-refractivity contribution in [3.8, 4) is 0 Å². The van der Waals surface area contributed by atoms with Crippen molar-refractivity contribution in [3.05, 3.63) is 94.9 Å². The number of aliphatic hydroxyl groups is 1. The van der Waals surface area contributed by atoms with Crippen LogP contribution in [0.15, 0.2) is 84.1 Å². The van der Waals surface area contributed by atoms with Gasteiger partial charge in [0.25, 0.3) is 0 Å². The first kappa shape index (κ1) is 33.3.